The van der Waals surface area contributed by atoms with Crippen molar-refractivity contribution < 1.29 is 32.9 Å². The Hall–Kier alpha value is -3.10. The summed E-state index contributed by atoms with van der Waals surface area (Å²) in [5.74, 6) is -0.190. The van der Waals surface area contributed by atoms with Crippen LogP contribution in [0, 0.1) is 0 Å². The normalized spacial score (nSPS) is 14.4. The second-order valence-corrected chi connectivity index (χ2v) is 26.7. The van der Waals surface area contributed by atoms with Crippen LogP contribution in [0.4, 0.5) is 0 Å². The van der Waals surface area contributed by atoms with Gasteiger partial charge in [0.1, 0.15) is 13.2 Å². The van der Waals surface area contributed by atoms with Gasteiger partial charge in [0.2, 0.25) is 5.91 Å². The molecule has 0 aliphatic rings. The highest BCUT2D eigenvalue weighted by Gasteiger charge is 2.28. The van der Waals surface area contributed by atoms with E-state index in [1.807, 2.05) is 27.2 Å². The Labute approximate surface area is 533 Å². The lowest BCUT2D eigenvalue weighted by atomic mass is 10.0. The van der Waals surface area contributed by atoms with Crippen molar-refractivity contribution in [2.45, 2.75) is 321 Å². The number of aliphatic hydroxyl groups excluding tert-OH is 1. The highest BCUT2D eigenvalue weighted by Crippen LogP contribution is 2.43. The Morgan fingerprint density at radius 3 is 1.07 bits per heavy atom. The number of amides is 1. The van der Waals surface area contributed by atoms with Crippen molar-refractivity contribution in [1.82, 2.24) is 5.32 Å². The van der Waals surface area contributed by atoms with Crippen LogP contribution in [0.2, 0.25) is 0 Å². The van der Waals surface area contributed by atoms with E-state index in [-0.39, 0.29) is 19.1 Å². The number of allylic oxidation sites excluding steroid dienone is 19. The number of carbonyl (C=O) groups excluding carboxylic acids is 1. The van der Waals surface area contributed by atoms with Gasteiger partial charge in [-0.2, -0.15) is 0 Å². The van der Waals surface area contributed by atoms with Crippen molar-refractivity contribution in [3.63, 3.8) is 0 Å². The van der Waals surface area contributed by atoms with Crippen LogP contribution in [-0.4, -0.2) is 73.4 Å². The standard InChI is InChI=1S/C77H137N2O6P/c1-6-8-10-12-14-16-18-20-22-24-26-28-30-32-34-35-36-37-38-39-40-41-42-43-45-47-49-51-53-55-57-59-61-63-65-67-69-71-77(81)78-75(74-85-86(82,83)84-73-72-79(3,4)5)76(80)70-68-66-64-62-60-58-56-54-52-50-48-46-44-33-31-29-27-25-23-21-19-17-15-13-11-9-7-2/h8,10,14,16,20,22,26,28,32,34,36-37,39-40,42-43,60,62,68,70,75-76,80H,6-7,9,11-13,15,17-19,21,23-25,27,29-31,33,35,38,41,44-59,61,63-67,69,71-74H2,1-5H3,(H-,78,81,82,83)/p+1/b10-8-,16-14-,22-20-,28-26-,34-32-,37-36-,40-39-,43-42-,62-60+,70-68+. The molecule has 0 saturated heterocycles. The third kappa shape index (κ3) is 68.4. The van der Waals surface area contributed by atoms with Gasteiger partial charge in [-0.3, -0.25) is 13.8 Å². The van der Waals surface area contributed by atoms with Gasteiger partial charge in [0.05, 0.1) is 39.9 Å². The average Bonchev–Trinajstić information content (AvgIpc) is 3.70. The monoisotopic (exact) mass is 1220 g/mol. The summed E-state index contributed by atoms with van der Waals surface area (Å²) in [6.45, 7) is 4.70. The van der Waals surface area contributed by atoms with Gasteiger partial charge in [0, 0.05) is 6.42 Å². The van der Waals surface area contributed by atoms with Gasteiger partial charge in [0.15, 0.2) is 0 Å². The first kappa shape index (κ1) is 82.9. The minimum absolute atomic E-state index is 0.0513. The van der Waals surface area contributed by atoms with Gasteiger partial charge in [-0.25, -0.2) is 4.57 Å². The van der Waals surface area contributed by atoms with Gasteiger partial charge < -0.3 is 19.8 Å². The predicted molar refractivity (Wildman–Crippen MR) is 378 cm³/mol. The van der Waals surface area contributed by atoms with Crippen LogP contribution in [0.15, 0.2) is 122 Å². The summed E-state index contributed by atoms with van der Waals surface area (Å²) in [6, 6.07) is -0.874. The van der Waals surface area contributed by atoms with Gasteiger partial charge in [-0.15, -0.1) is 0 Å². The zero-order chi connectivity index (χ0) is 62.6. The van der Waals surface area contributed by atoms with E-state index < -0.39 is 20.0 Å². The first-order valence-electron chi connectivity index (χ1n) is 35.9. The van der Waals surface area contributed by atoms with Gasteiger partial charge in [-0.1, -0.05) is 328 Å². The van der Waals surface area contributed by atoms with Crippen LogP contribution >= 0.6 is 7.82 Å². The smallest absolute Gasteiger partial charge is 0.387 e. The Morgan fingerprint density at radius 1 is 0.407 bits per heavy atom. The van der Waals surface area contributed by atoms with Crippen molar-refractivity contribution in [3.8, 4) is 0 Å². The van der Waals surface area contributed by atoms with Crippen LogP contribution in [0.25, 0.3) is 0 Å². The molecule has 0 fully saturated rings. The zero-order valence-electron chi connectivity index (χ0n) is 56.8. The molecule has 0 aliphatic heterocycles. The molecule has 0 aromatic carbocycles. The zero-order valence-corrected chi connectivity index (χ0v) is 57.7. The van der Waals surface area contributed by atoms with E-state index >= 15 is 0 Å². The van der Waals surface area contributed by atoms with Crippen molar-refractivity contribution >= 4 is 13.7 Å². The van der Waals surface area contributed by atoms with Crippen LogP contribution in [0.1, 0.15) is 309 Å². The molecule has 0 aromatic heterocycles. The van der Waals surface area contributed by atoms with Crippen LogP contribution < -0.4 is 5.32 Å². The lowest BCUT2D eigenvalue weighted by Gasteiger charge is -2.25. The maximum atomic E-state index is 13.1. The van der Waals surface area contributed by atoms with Crippen molar-refractivity contribution in [2.75, 3.05) is 40.9 Å². The largest absolute Gasteiger partial charge is 0.472 e. The van der Waals surface area contributed by atoms with Crippen molar-refractivity contribution in [2.24, 2.45) is 0 Å². The fraction of sp³-hybridized carbons (Fsp3) is 0.727. The molecule has 0 radical (unpaired) electrons. The van der Waals surface area contributed by atoms with E-state index in [2.05, 4.69) is 129 Å². The summed E-state index contributed by atoms with van der Waals surface area (Å²) in [4.78, 5) is 23.4. The third-order valence-corrected chi connectivity index (χ3v) is 16.6. The van der Waals surface area contributed by atoms with Gasteiger partial charge in [0.25, 0.3) is 0 Å². The molecule has 1 amide bonds. The van der Waals surface area contributed by atoms with Crippen molar-refractivity contribution in [3.05, 3.63) is 122 Å². The Morgan fingerprint density at radius 2 is 0.709 bits per heavy atom. The number of rotatable bonds is 65. The van der Waals surface area contributed by atoms with E-state index in [4.69, 9.17) is 9.05 Å². The molecule has 3 unspecified atom stereocenters. The molecule has 3 atom stereocenters. The Kier molecular flexibility index (Phi) is 63.9. The number of nitrogens with zero attached hydrogens (tertiary/aromatic N) is 1. The van der Waals surface area contributed by atoms with E-state index in [9.17, 15) is 19.4 Å². The van der Waals surface area contributed by atoms with E-state index in [0.717, 1.165) is 89.9 Å². The second kappa shape index (κ2) is 66.3. The summed E-state index contributed by atoms with van der Waals surface area (Å²) in [7, 11) is 1.55. The quantitative estimate of drug-likeness (QED) is 0.0243. The van der Waals surface area contributed by atoms with Crippen molar-refractivity contribution in [1.29, 1.82) is 0 Å². The fourth-order valence-electron chi connectivity index (χ4n) is 10.1. The summed E-state index contributed by atoms with van der Waals surface area (Å²) >= 11 is 0. The first-order valence-corrected chi connectivity index (χ1v) is 37.4. The molecule has 496 valence electrons. The minimum atomic E-state index is -4.37. The van der Waals surface area contributed by atoms with Crippen LogP contribution in [-0.2, 0) is 18.4 Å². The third-order valence-electron chi connectivity index (χ3n) is 15.7. The number of unbranched alkanes of at least 4 members (excludes halogenated alkanes) is 34. The summed E-state index contributed by atoms with van der Waals surface area (Å²) < 4.78 is 23.8. The number of hydrogen-bond acceptors (Lipinski definition) is 5. The number of aliphatic hydroxyl groups is 1. The summed E-state index contributed by atoms with van der Waals surface area (Å²) in [5, 5.41) is 14.0. The molecular formula is C77H138N2O6P+. The van der Waals surface area contributed by atoms with Gasteiger partial charge in [-0.05, 0) is 96.3 Å². The Balaban J connectivity index is 4.13. The number of hydrogen-bond donors (Lipinski definition) is 3. The topological polar surface area (TPSA) is 105 Å². The molecular weight excluding hydrogens is 1080 g/mol. The molecule has 86 heavy (non-hydrogen) atoms. The molecule has 0 spiro atoms. The maximum Gasteiger partial charge on any atom is 0.472 e. The molecule has 9 heteroatoms. The number of carbonyl (C=O) groups is 1. The van der Waals surface area contributed by atoms with Crippen LogP contribution in [0.3, 0.4) is 0 Å². The molecule has 0 rings (SSSR count). The number of phosphoric ester groups is 1. The maximum absolute atomic E-state index is 13.1. The molecule has 0 heterocycles. The lowest BCUT2D eigenvalue weighted by Crippen LogP contribution is -2.45. The van der Waals surface area contributed by atoms with E-state index in [0.29, 0.717) is 17.4 Å². The van der Waals surface area contributed by atoms with Gasteiger partial charge >= 0.3 is 7.82 Å². The highest BCUT2D eigenvalue weighted by atomic mass is 31.2. The Bertz CT molecular complexity index is 1820. The molecule has 0 aromatic rings. The van der Waals surface area contributed by atoms with E-state index in [1.165, 1.54) is 199 Å². The number of quaternary nitrogens is 1. The lowest BCUT2D eigenvalue weighted by molar-refractivity contribution is -0.870. The second-order valence-electron chi connectivity index (χ2n) is 25.2. The molecule has 0 bridgehead atoms. The SMILES string of the molecule is CC/C=C\C/C=C\C/C=C\C/C=C\C/C=C\C/C=C\C/C=C\C/C=C\CCCCCCCCCCCCCCC(=O)NC(COP(=O)(O)OCC[N+](C)(C)C)C(O)/C=C/CC/C=C/CCCCCCCCCCCCCCCCCCCCCCC. The number of nitrogens with one attached hydrogen (secondary N) is 1. The predicted octanol–water partition coefficient (Wildman–Crippen LogP) is 23.2. The highest BCUT2D eigenvalue weighted by molar-refractivity contribution is 7.47. The minimum Gasteiger partial charge on any atom is -0.387 e. The van der Waals surface area contributed by atoms with Crippen LogP contribution in [0.5, 0.6) is 0 Å². The average molecular weight is 1220 g/mol. The molecule has 3 N–H and O–H groups in total. The number of phosphoric acid groups is 1. The molecule has 0 saturated carbocycles. The number of likely N-dealkylation sites (N-methyl/N-ethyl adjacent to an activating group) is 1. The summed E-state index contributed by atoms with van der Waals surface area (Å²) in [5.41, 5.74) is 0. The summed E-state index contributed by atoms with van der Waals surface area (Å²) in [6.07, 6.45) is 99.2. The first-order chi connectivity index (χ1) is 42.0. The van der Waals surface area contributed by atoms with E-state index in [1.54, 1.807) is 6.08 Å². The molecule has 0 aliphatic carbocycles. The molecule has 8 nitrogen and oxygen atoms in total. The fourth-order valence-corrected chi connectivity index (χ4v) is 10.9.